The smallest absolute Gasteiger partial charge is 0.409 e. The zero-order valence-electron chi connectivity index (χ0n) is 15.5. The molecule has 142 valence electrons. The molecular weight excluding hydrogens is 346 g/mol. The van der Waals surface area contributed by atoms with Crippen LogP contribution in [0.15, 0.2) is 34.9 Å². The summed E-state index contributed by atoms with van der Waals surface area (Å²) in [6, 6.07) is 7.84. The summed E-state index contributed by atoms with van der Waals surface area (Å²) in [7, 11) is 0. The van der Waals surface area contributed by atoms with E-state index in [0.717, 1.165) is 35.1 Å². The number of likely N-dealkylation sites (tertiary alicyclic amines) is 1. The lowest BCUT2D eigenvalue weighted by Gasteiger charge is -2.17. The number of aryl methyl sites for hydroxylation is 1. The molecule has 4 heterocycles. The third-order valence-corrected chi connectivity index (χ3v) is 4.66. The summed E-state index contributed by atoms with van der Waals surface area (Å²) in [5.41, 5.74) is 1.62. The lowest BCUT2D eigenvalue weighted by atomic mass is 10.3. The number of hydrogen-bond acceptors (Lipinski definition) is 6. The summed E-state index contributed by atoms with van der Waals surface area (Å²) < 4.78 is 12.8. The van der Waals surface area contributed by atoms with Crippen molar-refractivity contribution in [3.05, 3.63) is 42.0 Å². The van der Waals surface area contributed by atoms with Crippen molar-refractivity contribution in [3.63, 3.8) is 0 Å². The summed E-state index contributed by atoms with van der Waals surface area (Å²) >= 11 is 0. The van der Waals surface area contributed by atoms with Crippen molar-refractivity contribution in [1.29, 1.82) is 0 Å². The van der Waals surface area contributed by atoms with Gasteiger partial charge in [0.25, 0.3) is 0 Å². The number of pyridine rings is 1. The lowest BCUT2D eigenvalue weighted by Crippen LogP contribution is -2.32. The largest absolute Gasteiger partial charge is 0.464 e. The Morgan fingerprint density at radius 2 is 2.30 bits per heavy atom. The Hall–Kier alpha value is -3.03. The Bertz CT molecular complexity index is 948. The van der Waals surface area contributed by atoms with E-state index >= 15 is 0 Å². The van der Waals surface area contributed by atoms with Crippen molar-refractivity contribution in [2.75, 3.05) is 25.0 Å². The third kappa shape index (κ3) is 3.60. The van der Waals surface area contributed by atoms with Crippen molar-refractivity contribution >= 4 is 23.2 Å². The van der Waals surface area contributed by atoms with Crippen LogP contribution >= 0.6 is 0 Å². The van der Waals surface area contributed by atoms with E-state index in [1.165, 1.54) is 0 Å². The molecule has 0 spiro atoms. The number of nitrogens with one attached hydrogen (secondary N) is 1. The number of nitrogens with zero attached hydrogens (tertiary/aromatic N) is 4. The average Bonchev–Trinajstić information content (AvgIpc) is 3.36. The van der Waals surface area contributed by atoms with Gasteiger partial charge in [0.2, 0.25) is 5.95 Å². The minimum atomic E-state index is -0.261. The predicted octanol–water partition coefficient (Wildman–Crippen LogP) is 3.02. The molecule has 0 bridgehead atoms. The van der Waals surface area contributed by atoms with Crippen LogP contribution in [0.25, 0.3) is 11.2 Å². The zero-order chi connectivity index (χ0) is 18.8. The van der Waals surface area contributed by atoms with Crippen LogP contribution in [-0.4, -0.2) is 51.3 Å². The van der Waals surface area contributed by atoms with E-state index in [0.29, 0.717) is 26.2 Å². The molecule has 1 fully saturated rings. The molecule has 1 unspecified atom stereocenters. The number of rotatable bonds is 5. The molecular formula is C19H23N5O3. The summed E-state index contributed by atoms with van der Waals surface area (Å²) in [5, 5.41) is 3.47. The number of carbonyl (C=O) groups excluding carboxylic acids is 1. The van der Waals surface area contributed by atoms with Crippen LogP contribution in [-0.2, 0) is 11.3 Å². The SMILES string of the molecule is CCOC(=O)N1CCC(Nc2nc3cccnc3n2Cc2ccc(C)o2)C1. The highest BCUT2D eigenvalue weighted by atomic mass is 16.6. The molecule has 4 rings (SSSR count). The maximum atomic E-state index is 11.9. The molecule has 3 aromatic rings. The number of carbonyl (C=O) groups is 1. The van der Waals surface area contributed by atoms with Crippen molar-refractivity contribution in [2.45, 2.75) is 32.9 Å². The fourth-order valence-corrected chi connectivity index (χ4v) is 3.39. The second-order valence-corrected chi connectivity index (χ2v) is 6.65. The van der Waals surface area contributed by atoms with Crippen LogP contribution < -0.4 is 5.32 Å². The molecule has 8 nitrogen and oxygen atoms in total. The highest BCUT2D eigenvalue weighted by Crippen LogP contribution is 2.23. The van der Waals surface area contributed by atoms with Crippen LogP contribution in [0.2, 0.25) is 0 Å². The molecule has 1 atom stereocenters. The maximum absolute atomic E-state index is 11.9. The van der Waals surface area contributed by atoms with Crippen molar-refractivity contribution in [2.24, 2.45) is 0 Å². The second-order valence-electron chi connectivity index (χ2n) is 6.65. The number of amides is 1. The van der Waals surface area contributed by atoms with Gasteiger partial charge >= 0.3 is 6.09 Å². The third-order valence-electron chi connectivity index (χ3n) is 4.66. The van der Waals surface area contributed by atoms with Crippen molar-refractivity contribution < 1.29 is 13.9 Å². The number of aromatic nitrogens is 3. The molecule has 1 aliphatic heterocycles. The van der Waals surface area contributed by atoms with E-state index in [9.17, 15) is 4.79 Å². The number of fused-ring (bicyclic) bond motifs is 1. The standard InChI is InChI=1S/C19H23N5O3/c1-3-26-19(25)23-10-8-14(11-23)21-18-22-16-5-4-9-20-17(16)24(18)12-15-7-6-13(2)27-15/h4-7,9,14H,3,8,10-12H2,1-2H3,(H,21,22). The Balaban J connectivity index is 1.56. The molecule has 27 heavy (non-hydrogen) atoms. The Kier molecular flexibility index (Phi) is 4.70. The molecule has 0 aliphatic carbocycles. The number of ether oxygens (including phenoxy) is 1. The van der Waals surface area contributed by atoms with E-state index in [1.54, 1.807) is 11.1 Å². The van der Waals surface area contributed by atoms with Gasteiger partial charge in [-0.25, -0.2) is 14.8 Å². The molecule has 1 aliphatic rings. The summed E-state index contributed by atoms with van der Waals surface area (Å²) in [4.78, 5) is 22.8. The van der Waals surface area contributed by atoms with Gasteiger partial charge in [-0.15, -0.1) is 0 Å². The maximum Gasteiger partial charge on any atom is 0.409 e. The minimum Gasteiger partial charge on any atom is -0.464 e. The Morgan fingerprint density at radius 3 is 3.07 bits per heavy atom. The van der Waals surface area contributed by atoms with Crippen molar-refractivity contribution in [1.82, 2.24) is 19.4 Å². The van der Waals surface area contributed by atoms with Crippen LogP contribution in [0.4, 0.5) is 10.7 Å². The number of anilines is 1. The monoisotopic (exact) mass is 369 g/mol. The minimum absolute atomic E-state index is 0.114. The zero-order valence-corrected chi connectivity index (χ0v) is 15.5. The van der Waals surface area contributed by atoms with Gasteiger partial charge in [-0.2, -0.15) is 0 Å². The Morgan fingerprint density at radius 1 is 1.41 bits per heavy atom. The quantitative estimate of drug-likeness (QED) is 0.744. The first-order chi connectivity index (χ1) is 13.1. The van der Waals surface area contributed by atoms with E-state index in [4.69, 9.17) is 14.1 Å². The molecule has 8 heteroatoms. The Labute approximate surface area is 157 Å². The fourth-order valence-electron chi connectivity index (χ4n) is 3.39. The first-order valence-electron chi connectivity index (χ1n) is 9.19. The van der Waals surface area contributed by atoms with Crippen molar-refractivity contribution in [3.8, 4) is 0 Å². The molecule has 1 N–H and O–H groups in total. The molecule has 0 saturated carbocycles. The highest BCUT2D eigenvalue weighted by molar-refractivity contribution is 5.74. The number of imidazole rings is 1. The van der Waals surface area contributed by atoms with E-state index < -0.39 is 0 Å². The van der Waals surface area contributed by atoms with Crippen LogP contribution in [0, 0.1) is 6.92 Å². The molecule has 1 amide bonds. The number of hydrogen-bond donors (Lipinski definition) is 1. The first-order valence-corrected chi connectivity index (χ1v) is 9.19. The molecule has 3 aromatic heterocycles. The van der Waals surface area contributed by atoms with Gasteiger partial charge in [0.15, 0.2) is 5.65 Å². The van der Waals surface area contributed by atoms with Crippen LogP contribution in [0.5, 0.6) is 0 Å². The van der Waals surface area contributed by atoms with Gasteiger partial charge in [-0.3, -0.25) is 4.57 Å². The summed E-state index contributed by atoms with van der Waals surface area (Å²) in [6.45, 7) is 5.93. The predicted molar refractivity (Wildman–Crippen MR) is 101 cm³/mol. The lowest BCUT2D eigenvalue weighted by molar-refractivity contribution is 0.115. The van der Waals surface area contributed by atoms with Gasteiger partial charge in [0, 0.05) is 25.3 Å². The second kappa shape index (κ2) is 7.30. The first kappa shape index (κ1) is 17.4. The van der Waals surface area contributed by atoms with Crippen LogP contribution in [0.1, 0.15) is 24.9 Å². The molecule has 1 saturated heterocycles. The topological polar surface area (TPSA) is 85.4 Å². The van der Waals surface area contributed by atoms with Gasteiger partial charge in [0.05, 0.1) is 13.2 Å². The summed E-state index contributed by atoms with van der Waals surface area (Å²) in [6.07, 6.45) is 2.34. The van der Waals surface area contributed by atoms with Gasteiger partial charge in [0.1, 0.15) is 17.0 Å². The molecule has 0 aromatic carbocycles. The fraction of sp³-hybridized carbons (Fsp3) is 0.421. The van der Waals surface area contributed by atoms with E-state index in [-0.39, 0.29) is 12.1 Å². The van der Waals surface area contributed by atoms with Crippen LogP contribution in [0.3, 0.4) is 0 Å². The van der Waals surface area contributed by atoms with Gasteiger partial charge in [-0.05, 0) is 44.5 Å². The summed E-state index contributed by atoms with van der Waals surface area (Å²) in [5.74, 6) is 2.45. The van der Waals surface area contributed by atoms with E-state index in [1.807, 2.05) is 42.7 Å². The molecule has 0 radical (unpaired) electrons. The average molecular weight is 369 g/mol. The van der Waals surface area contributed by atoms with E-state index in [2.05, 4.69) is 10.3 Å². The highest BCUT2D eigenvalue weighted by Gasteiger charge is 2.28. The van der Waals surface area contributed by atoms with Gasteiger partial charge < -0.3 is 19.4 Å². The van der Waals surface area contributed by atoms with Gasteiger partial charge in [-0.1, -0.05) is 0 Å². The number of furan rings is 1. The normalized spacial score (nSPS) is 16.8.